The number of ether oxygens (including phenoxy) is 1. The summed E-state index contributed by atoms with van der Waals surface area (Å²) in [5.74, 6) is 0.290. The molecule has 0 heterocycles. The normalized spacial score (nSPS) is 10.5. The summed E-state index contributed by atoms with van der Waals surface area (Å²) in [6.07, 6.45) is 1.36. The highest BCUT2D eigenvalue weighted by Gasteiger charge is 2.03. The number of methoxy groups -OCH3 is 1. The molecular weight excluding hydrogens is 369 g/mol. The second-order valence-electron chi connectivity index (χ2n) is 4.19. The van der Waals surface area contributed by atoms with Gasteiger partial charge in [0.25, 0.3) is 0 Å². The third-order valence-electron chi connectivity index (χ3n) is 2.69. The smallest absolute Gasteiger partial charge is 0.191 e. The average Bonchev–Trinajstić information content (AvgIpc) is 2.50. The number of para-hydroxylation sites is 2. The number of nitrogens with zero attached hydrogens (tertiary/aromatic N) is 1. The van der Waals surface area contributed by atoms with Crippen LogP contribution < -0.4 is 15.5 Å². The van der Waals surface area contributed by atoms with E-state index in [1.54, 1.807) is 19.2 Å². The van der Waals surface area contributed by atoms with Crippen molar-refractivity contribution in [2.75, 3.05) is 12.4 Å². The van der Waals surface area contributed by atoms with Crippen molar-refractivity contribution in [3.05, 3.63) is 58.3 Å². The van der Waals surface area contributed by atoms with Crippen LogP contribution in [0.25, 0.3) is 0 Å². The summed E-state index contributed by atoms with van der Waals surface area (Å²) < 4.78 is 19.5. The molecule has 0 aliphatic heterocycles. The zero-order chi connectivity index (χ0) is 15.9. The zero-order valence-electron chi connectivity index (χ0n) is 11.6. The summed E-state index contributed by atoms with van der Waals surface area (Å²) in [6.45, 7) is 0. The van der Waals surface area contributed by atoms with Crippen LogP contribution in [0.1, 0.15) is 5.56 Å². The van der Waals surface area contributed by atoms with E-state index >= 15 is 0 Å². The van der Waals surface area contributed by atoms with Gasteiger partial charge < -0.3 is 10.1 Å². The van der Waals surface area contributed by atoms with Crippen LogP contribution in [0.2, 0.25) is 0 Å². The van der Waals surface area contributed by atoms with E-state index in [2.05, 4.69) is 31.8 Å². The van der Waals surface area contributed by atoms with Gasteiger partial charge >= 0.3 is 0 Å². The summed E-state index contributed by atoms with van der Waals surface area (Å²) in [6, 6.07) is 12.1. The predicted octanol–water partition coefficient (Wildman–Crippen LogP) is 3.92. The number of hydrogen-bond acceptors (Lipinski definition) is 3. The van der Waals surface area contributed by atoms with Crippen molar-refractivity contribution in [3.63, 3.8) is 0 Å². The van der Waals surface area contributed by atoms with Crippen LogP contribution in [0.5, 0.6) is 5.75 Å². The SMILES string of the molecule is COc1ccccc1NC(=S)N/N=C\c1ccc(Br)cc1F. The van der Waals surface area contributed by atoms with Gasteiger partial charge in [-0.1, -0.05) is 28.1 Å². The van der Waals surface area contributed by atoms with Gasteiger partial charge in [-0.3, -0.25) is 5.43 Å². The number of rotatable bonds is 4. The maximum absolute atomic E-state index is 13.6. The molecule has 0 aliphatic rings. The van der Waals surface area contributed by atoms with E-state index in [0.717, 1.165) is 0 Å². The number of nitrogens with one attached hydrogen (secondary N) is 2. The van der Waals surface area contributed by atoms with Crippen LogP contribution in [-0.4, -0.2) is 18.4 Å². The van der Waals surface area contributed by atoms with Crippen LogP contribution in [-0.2, 0) is 0 Å². The Labute approximate surface area is 141 Å². The highest BCUT2D eigenvalue weighted by molar-refractivity contribution is 9.10. The molecule has 0 unspecified atom stereocenters. The van der Waals surface area contributed by atoms with Crippen molar-refractivity contribution in [3.8, 4) is 5.75 Å². The van der Waals surface area contributed by atoms with E-state index < -0.39 is 0 Å². The Balaban J connectivity index is 1.96. The highest BCUT2D eigenvalue weighted by Crippen LogP contribution is 2.22. The maximum Gasteiger partial charge on any atom is 0.191 e. The second-order valence-corrected chi connectivity index (χ2v) is 5.51. The van der Waals surface area contributed by atoms with Gasteiger partial charge in [-0.05, 0) is 42.5 Å². The largest absolute Gasteiger partial charge is 0.495 e. The Bertz CT molecular complexity index is 709. The molecule has 22 heavy (non-hydrogen) atoms. The standard InChI is InChI=1S/C15H13BrFN3OS/c1-21-14-5-3-2-4-13(14)19-15(22)20-18-9-10-6-7-11(16)8-12(10)17/h2-9H,1H3,(H2,19,20,22)/b18-9-. The summed E-state index contributed by atoms with van der Waals surface area (Å²) >= 11 is 8.32. The fourth-order valence-electron chi connectivity index (χ4n) is 1.66. The molecule has 0 aliphatic carbocycles. The van der Waals surface area contributed by atoms with Gasteiger partial charge in [-0.2, -0.15) is 5.10 Å². The number of hydrazone groups is 1. The van der Waals surface area contributed by atoms with E-state index in [-0.39, 0.29) is 10.9 Å². The van der Waals surface area contributed by atoms with Crippen LogP contribution in [0.15, 0.2) is 52.0 Å². The summed E-state index contributed by atoms with van der Waals surface area (Å²) in [4.78, 5) is 0. The van der Waals surface area contributed by atoms with E-state index in [0.29, 0.717) is 21.5 Å². The number of thiocarbonyl (C=S) groups is 1. The van der Waals surface area contributed by atoms with Gasteiger partial charge in [0.1, 0.15) is 11.6 Å². The molecule has 2 rings (SSSR count). The molecule has 2 aromatic carbocycles. The molecule has 0 spiro atoms. The number of hydrogen-bond donors (Lipinski definition) is 2. The number of benzene rings is 2. The molecule has 2 N–H and O–H groups in total. The Hall–Kier alpha value is -1.99. The zero-order valence-corrected chi connectivity index (χ0v) is 14.0. The molecule has 0 saturated carbocycles. The van der Waals surface area contributed by atoms with Gasteiger partial charge in [0.2, 0.25) is 0 Å². The average molecular weight is 382 g/mol. The Morgan fingerprint density at radius 2 is 2.09 bits per heavy atom. The second kappa shape index (κ2) is 7.86. The molecule has 7 heteroatoms. The van der Waals surface area contributed by atoms with Crippen molar-refractivity contribution in [1.82, 2.24) is 5.43 Å². The van der Waals surface area contributed by atoms with Gasteiger partial charge in [0.05, 0.1) is 19.0 Å². The lowest BCUT2D eigenvalue weighted by Gasteiger charge is -2.10. The van der Waals surface area contributed by atoms with Gasteiger partial charge in [-0.15, -0.1) is 0 Å². The molecule has 0 amide bonds. The fraction of sp³-hybridized carbons (Fsp3) is 0.0667. The Morgan fingerprint density at radius 3 is 2.82 bits per heavy atom. The molecular formula is C15H13BrFN3OS. The van der Waals surface area contributed by atoms with Crippen LogP contribution >= 0.6 is 28.1 Å². The van der Waals surface area contributed by atoms with E-state index in [1.165, 1.54) is 12.3 Å². The summed E-state index contributed by atoms with van der Waals surface area (Å²) in [5.41, 5.74) is 3.70. The van der Waals surface area contributed by atoms with Gasteiger partial charge in [-0.25, -0.2) is 4.39 Å². The molecule has 0 atom stereocenters. The lowest BCUT2D eigenvalue weighted by molar-refractivity contribution is 0.417. The maximum atomic E-state index is 13.6. The monoisotopic (exact) mass is 381 g/mol. The quantitative estimate of drug-likeness (QED) is 0.478. The van der Waals surface area contributed by atoms with Gasteiger partial charge in [0.15, 0.2) is 5.11 Å². The van der Waals surface area contributed by atoms with E-state index in [1.807, 2.05) is 24.3 Å². The minimum atomic E-state index is -0.372. The molecule has 0 saturated heterocycles. The lowest BCUT2D eigenvalue weighted by atomic mass is 10.2. The van der Waals surface area contributed by atoms with Crippen molar-refractivity contribution in [2.24, 2.45) is 5.10 Å². The number of halogens is 2. The van der Waals surface area contributed by atoms with Crippen LogP contribution in [0.3, 0.4) is 0 Å². The summed E-state index contributed by atoms with van der Waals surface area (Å²) in [5, 5.41) is 7.14. The number of anilines is 1. The fourth-order valence-corrected chi connectivity index (χ4v) is 2.16. The molecule has 0 fully saturated rings. The molecule has 2 aromatic rings. The summed E-state index contributed by atoms with van der Waals surface area (Å²) in [7, 11) is 1.57. The third-order valence-corrected chi connectivity index (χ3v) is 3.37. The van der Waals surface area contributed by atoms with Crippen LogP contribution in [0.4, 0.5) is 10.1 Å². The minimum absolute atomic E-state index is 0.276. The van der Waals surface area contributed by atoms with Crippen molar-refractivity contribution in [1.29, 1.82) is 0 Å². The molecule has 4 nitrogen and oxygen atoms in total. The molecule has 0 bridgehead atoms. The first-order chi connectivity index (χ1) is 10.6. The van der Waals surface area contributed by atoms with E-state index in [9.17, 15) is 4.39 Å². The third kappa shape index (κ3) is 4.51. The first kappa shape index (κ1) is 16.4. The van der Waals surface area contributed by atoms with Crippen LogP contribution in [0, 0.1) is 5.82 Å². The van der Waals surface area contributed by atoms with Crippen molar-refractivity contribution < 1.29 is 9.13 Å². The topological polar surface area (TPSA) is 45.6 Å². The first-order valence-corrected chi connectivity index (χ1v) is 7.48. The Kier molecular flexibility index (Phi) is 5.85. The molecule has 0 radical (unpaired) electrons. The Morgan fingerprint density at radius 1 is 1.32 bits per heavy atom. The first-order valence-electron chi connectivity index (χ1n) is 6.28. The molecule has 114 valence electrons. The van der Waals surface area contributed by atoms with Gasteiger partial charge in [0, 0.05) is 10.0 Å². The minimum Gasteiger partial charge on any atom is -0.495 e. The highest BCUT2D eigenvalue weighted by atomic mass is 79.9. The molecule has 0 aromatic heterocycles. The van der Waals surface area contributed by atoms with E-state index in [4.69, 9.17) is 17.0 Å². The van der Waals surface area contributed by atoms with Crippen molar-refractivity contribution in [2.45, 2.75) is 0 Å². The predicted molar refractivity (Wildman–Crippen MR) is 94.0 cm³/mol. The lowest BCUT2D eigenvalue weighted by Crippen LogP contribution is -2.24. The van der Waals surface area contributed by atoms with Crippen molar-refractivity contribution >= 4 is 45.2 Å².